The lowest BCUT2D eigenvalue weighted by molar-refractivity contribution is -0.112. The molecule has 1 aromatic heterocycles. The SMILES string of the molecule is N#C/C(=C/c1cn(Cc2ccccc2C#N)c2ccccc12)C(=O)Nc1cccc(C(=O)O)c1. The maximum atomic E-state index is 12.8. The number of para-hydroxylation sites is 1. The molecule has 0 unspecified atom stereocenters. The molecule has 7 heteroatoms. The predicted molar refractivity (Wildman–Crippen MR) is 128 cm³/mol. The van der Waals surface area contributed by atoms with Crippen LogP contribution in [0.1, 0.15) is 27.0 Å². The van der Waals surface area contributed by atoms with E-state index in [1.165, 1.54) is 24.3 Å². The van der Waals surface area contributed by atoms with Gasteiger partial charge in [-0.25, -0.2) is 4.79 Å². The van der Waals surface area contributed by atoms with Gasteiger partial charge in [-0.3, -0.25) is 4.79 Å². The van der Waals surface area contributed by atoms with Crippen molar-refractivity contribution in [1.29, 1.82) is 10.5 Å². The molecule has 0 bridgehead atoms. The summed E-state index contributed by atoms with van der Waals surface area (Å²) in [6.07, 6.45) is 3.35. The summed E-state index contributed by atoms with van der Waals surface area (Å²) in [4.78, 5) is 23.9. The van der Waals surface area contributed by atoms with E-state index in [0.29, 0.717) is 17.7 Å². The molecule has 0 spiro atoms. The van der Waals surface area contributed by atoms with Crippen LogP contribution in [0.2, 0.25) is 0 Å². The van der Waals surface area contributed by atoms with Crippen molar-refractivity contribution in [1.82, 2.24) is 4.57 Å². The normalized spacial score (nSPS) is 10.9. The predicted octanol–water partition coefficient (Wildman–Crippen LogP) is 4.81. The Kier molecular flexibility index (Phi) is 6.20. The minimum atomic E-state index is -1.11. The molecule has 4 aromatic rings. The van der Waals surface area contributed by atoms with E-state index in [1.54, 1.807) is 12.1 Å². The van der Waals surface area contributed by atoms with E-state index in [-0.39, 0.29) is 16.8 Å². The maximum absolute atomic E-state index is 12.8. The first-order valence-electron chi connectivity index (χ1n) is 10.3. The number of anilines is 1. The highest BCUT2D eigenvalue weighted by molar-refractivity contribution is 6.11. The second-order valence-electron chi connectivity index (χ2n) is 7.51. The van der Waals surface area contributed by atoms with Crippen molar-refractivity contribution in [2.45, 2.75) is 6.54 Å². The first kappa shape index (κ1) is 22.1. The summed E-state index contributed by atoms with van der Waals surface area (Å²) in [6.45, 7) is 0.453. The Morgan fingerprint density at radius 2 is 1.76 bits per heavy atom. The number of carbonyl (C=O) groups is 2. The van der Waals surface area contributed by atoms with E-state index in [4.69, 9.17) is 5.11 Å². The Hall–Kier alpha value is -5.14. The molecule has 0 saturated carbocycles. The highest BCUT2D eigenvalue weighted by Crippen LogP contribution is 2.25. The summed E-state index contributed by atoms with van der Waals surface area (Å²) in [6, 6.07) is 24.9. The minimum absolute atomic E-state index is 0.0287. The topological polar surface area (TPSA) is 119 Å². The number of amides is 1. The number of aromatic carboxylic acids is 1. The number of aromatic nitrogens is 1. The molecule has 1 heterocycles. The highest BCUT2D eigenvalue weighted by atomic mass is 16.4. The fourth-order valence-corrected chi connectivity index (χ4v) is 3.70. The van der Waals surface area contributed by atoms with Crippen LogP contribution in [0.5, 0.6) is 0 Å². The van der Waals surface area contributed by atoms with E-state index in [9.17, 15) is 20.1 Å². The van der Waals surface area contributed by atoms with Crippen molar-refractivity contribution in [3.05, 3.63) is 107 Å². The Labute approximate surface area is 195 Å². The Morgan fingerprint density at radius 3 is 2.53 bits per heavy atom. The molecule has 7 nitrogen and oxygen atoms in total. The number of hydrogen-bond donors (Lipinski definition) is 2. The third kappa shape index (κ3) is 4.55. The maximum Gasteiger partial charge on any atom is 0.335 e. The number of rotatable bonds is 6. The molecular formula is C27H18N4O3. The third-order valence-corrected chi connectivity index (χ3v) is 5.33. The summed E-state index contributed by atoms with van der Waals surface area (Å²) in [7, 11) is 0. The second-order valence-corrected chi connectivity index (χ2v) is 7.51. The zero-order chi connectivity index (χ0) is 24.1. The van der Waals surface area contributed by atoms with Gasteiger partial charge in [-0.15, -0.1) is 0 Å². The number of carboxylic acid groups (broad SMARTS) is 1. The van der Waals surface area contributed by atoms with Gasteiger partial charge in [0.1, 0.15) is 11.6 Å². The quantitative estimate of drug-likeness (QED) is 0.326. The van der Waals surface area contributed by atoms with Gasteiger partial charge >= 0.3 is 5.97 Å². The molecule has 0 fully saturated rings. The lowest BCUT2D eigenvalue weighted by atomic mass is 10.1. The fourth-order valence-electron chi connectivity index (χ4n) is 3.70. The van der Waals surface area contributed by atoms with E-state index >= 15 is 0 Å². The van der Waals surface area contributed by atoms with E-state index in [2.05, 4.69) is 11.4 Å². The molecular weight excluding hydrogens is 428 g/mol. The molecule has 0 aliphatic heterocycles. The van der Waals surface area contributed by atoms with Gasteiger partial charge in [-0.1, -0.05) is 42.5 Å². The molecule has 0 aliphatic rings. The standard InChI is InChI=1S/C27H18N4O3/c28-14-19-6-1-2-7-20(19)16-31-17-22(24-10-3-4-11-25(24)31)12-21(15-29)26(32)30-23-9-5-8-18(13-23)27(33)34/h1-13,17H,16H2,(H,30,32)(H,33,34)/b21-12-. The summed E-state index contributed by atoms with van der Waals surface area (Å²) >= 11 is 0. The van der Waals surface area contributed by atoms with Gasteiger partial charge in [0.25, 0.3) is 5.91 Å². The van der Waals surface area contributed by atoms with Gasteiger partial charge in [0.15, 0.2) is 0 Å². The van der Waals surface area contributed by atoms with Crippen LogP contribution in [0.4, 0.5) is 5.69 Å². The summed E-state index contributed by atoms with van der Waals surface area (Å²) in [5.41, 5.74) is 3.20. The van der Waals surface area contributed by atoms with Gasteiger partial charge in [0.2, 0.25) is 0 Å². The van der Waals surface area contributed by atoms with Crippen LogP contribution in [0.15, 0.2) is 84.6 Å². The van der Waals surface area contributed by atoms with Crippen LogP contribution in [-0.2, 0) is 11.3 Å². The first-order chi connectivity index (χ1) is 16.5. The zero-order valence-corrected chi connectivity index (χ0v) is 17.9. The molecule has 2 N–H and O–H groups in total. The number of nitrogens with one attached hydrogen (secondary N) is 1. The van der Waals surface area contributed by atoms with Crippen LogP contribution in [0, 0.1) is 22.7 Å². The number of hydrogen-bond acceptors (Lipinski definition) is 4. The van der Waals surface area contributed by atoms with Crippen LogP contribution in [0.25, 0.3) is 17.0 Å². The molecule has 0 saturated heterocycles. The van der Waals surface area contributed by atoms with Gasteiger partial charge in [-0.05, 0) is 42.0 Å². The van der Waals surface area contributed by atoms with Crippen LogP contribution < -0.4 is 5.32 Å². The molecule has 3 aromatic carbocycles. The van der Waals surface area contributed by atoms with Gasteiger partial charge in [0.05, 0.1) is 17.2 Å². The zero-order valence-electron chi connectivity index (χ0n) is 17.9. The fraction of sp³-hybridized carbons (Fsp3) is 0.0370. The molecule has 0 atom stereocenters. The summed E-state index contributed by atoms with van der Waals surface area (Å²) in [5, 5.41) is 31.6. The number of carbonyl (C=O) groups excluding carboxylic acids is 1. The molecule has 0 aliphatic carbocycles. The van der Waals surface area contributed by atoms with Crippen molar-refractivity contribution >= 4 is 34.5 Å². The molecule has 164 valence electrons. The number of nitrogens with zero attached hydrogens (tertiary/aromatic N) is 3. The Morgan fingerprint density at radius 1 is 1.00 bits per heavy atom. The van der Waals surface area contributed by atoms with Gasteiger partial charge in [-0.2, -0.15) is 10.5 Å². The average Bonchev–Trinajstić information content (AvgIpc) is 3.20. The molecule has 4 rings (SSSR count). The van der Waals surface area contributed by atoms with Crippen molar-refractivity contribution < 1.29 is 14.7 Å². The lowest BCUT2D eigenvalue weighted by Gasteiger charge is -2.07. The summed E-state index contributed by atoms with van der Waals surface area (Å²) < 4.78 is 1.97. The molecule has 0 radical (unpaired) electrons. The van der Waals surface area contributed by atoms with Crippen LogP contribution in [-0.4, -0.2) is 21.6 Å². The summed E-state index contributed by atoms with van der Waals surface area (Å²) in [5.74, 6) is -1.75. The number of carboxylic acids is 1. The van der Waals surface area contributed by atoms with Crippen molar-refractivity contribution in [3.63, 3.8) is 0 Å². The largest absolute Gasteiger partial charge is 0.478 e. The second kappa shape index (κ2) is 9.56. The van der Waals surface area contributed by atoms with Crippen molar-refractivity contribution in [2.24, 2.45) is 0 Å². The van der Waals surface area contributed by atoms with Crippen LogP contribution >= 0.6 is 0 Å². The highest BCUT2D eigenvalue weighted by Gasteiger charge is 2.14. The minimum Gasteiger partial charge on any atom is -0.478 e. The van der Waals surface area contributed by atoms with E-state index in [0.717, 1.165) is 16.5 Å². The lowest BCUT2D eigenvalue weighted by Crippen LogP contribution is -2.13. The molecule has 34 heavy (non-hydrogen) atoms. The number of fused-ring (bicyclic) bond motifs is 1. The van der Waals surface area contributed by atoms with Gasteiger partial charge in [0, 0.05) is 34.9 Å². The number of nitriles is 2. The van der Waals surface area contributed by atoms with E-state index < -0.39 is 11.9 Å². The van der Waals surface area contributed by atoms with Crippen molar-refractivity contribution in [3.8, 4) is 12.1 Å². The van der Waals surface area contributed by atoms with Crippen molar-refractivity contribution in [2.75, 3.05) is 5.32 Å². The smallest absolute Gasteiger partial charge is 0.335 e. The Balaban J connectivity index is 1.69. The monoisotopic (exact) mass is 446 g/mol. The van der Waals surface area contributed by atoms with Gasteiger partial charge < -0.3 is 15.0 Å². The average molecular weight is 446 g/mol. The van der Waals surface area contributed by atoms with E-state index in [1.807, 2.05) is 59.3 Å². The number of benzene rings is 3. The third-order valence-electron chi connectivity index (χ3n) is 5.33. The van der Waals surface area contributed by atoms with Crippen LogP contribution in [0.3, 0.4) is 0 Å². The first-order valence-corrected chi connectivity index (χ1v) is 10.3. The Bertz CT molecular complexity index is 1530. The molecule has 1 amide bonds.